The molecule has 0 aliphatic heterocycles. The molecule has 0 heterocycles. The van der Waals surface area contributed by atoms with Crippen LogP contribution >= 0.6 is 0 Å². The van der Waals surface area contributed by atoms with Gasteiger partial charge in [-0.1, -0.05) is 43.2 Å². The van der Waals surface area contributed by atoms with Gasteiger partial charge in [-0.2, -0.15) is 0 Å². The summed E-state index contributed by atoms with van der Waals surface area (Å²) in [6, 6.07) is 9.20. The zero-order valence-electron chi connectivity index (χ0n) is 26.5. The Hall–Kier alpha value is -3.47. The lowest BCUT2D eigenvalue weighted by Crippen LogP contribution is -2.68. The fourth-order valence-electron chi connectivity index (χ4n) is 5.00. The van der Waals surface area contributed by atoms with Gasteiger partial charge in [-0.3, -0.25) is 24.0 Å². The van der Waals surface area contributed by atoms with Crippen molar-refractivity contribution in [3.8, 4) is 0 Å². The van der Waals surface area contributed by atoms with Gasteiger partial charge in [-0.15, -0.1) is 0 Å². The molecule has 2 rings (SSSR count). The molecule has 1 fully saturated rings. The first-order chi connectivity index (χ1) is 19.2. The smallest absolute Gasteiger partial charge is 0.247 e. The minimum absolute atomic E-state index is 0.148. The van der Waals surface area contributed by atoms with Crippen LogP contribution in [0.2, 0.25) is 0 Å². The Labute approximate surface area is 249 Å². The number of carbonyl (C=O) groups excluding carboxylic acids is 5. The van der Waals surface area contributed by atoms with E-state index in [1.54, 1.807) is 34.9 Å². The molecule has 1 aliphatic carbocycles. The Balaban J connectivity index is 2.23. The van der Waals surface area contributed by atoms with Gasteiger partial charge in [0.2, 0.25) is 29.5 Å². The molecule has 0 radical (unpaired) electrons. The molecule has 1 aromatic rings. The minimum Gasteiger partial charge on any atom is -0.392 e. The van der Waals surface area contributed by atoms with Crippen molar-refractivity contribution < 1.29 is 29.1 Å². The van der Waals surface area contributed by atoms with Crippen LogP contribution in [0, 0.1) is 5.92 Å². The van der Waals surface area contributed by atoms with Crippen LogP contribution in [0.1, 0.15) is 79.7 Å². The molecule has 0 aromatic heterocycles. The average Bonchev–Trinajstić information content (AvgIpc) is 2.88. The van der Waals surface area contributed by atoms with Crippen molar-refractivity contribution in [2.75, 3.05) is 14.1 Å². The van der Waals surface area contributed by atoms with Crippen molar-refractivity contribution in [1.82, 2.24) is 26.2 Å². The summed E-state index contributed by atoms with van der Waals surface area (Å²) in [7, 11) is 3.17. The van der Waals surface area contributed by atoms with Crippen LogP contribution in [-0.4, -0.2) is 81.9 Å². The summed E-state index contributed by atoms with van der Waals surface area (Å²) in [4.78, 5) is 67.5. The molecule has 0 bridgehead atoms. The van der Waals surface area contributed by atoms with Gasteiger partial charge in [-0.05, 0) is 66.9 Å². The highest BCUT2D eigenvalue weighted by Crippen LogP contribution is 2.26. The average molecular weight is 588 g/mol. The summed E-state index contributed by atoms with van der Waals surface area (Å²) >= 11 is 0. The third kappa shape index (κ3) is 8.77. The molecule has 0 saturated heterocycles. The van der Waals surface area contributed by atoms with Gasteiger partial charge in [0.05, 0.1) is 12.0 Å². The van der Waals surface area contributed by atoms with E-state index in [1.807, 2.05) is 30.3 Å². The molecule has 42 heavy (non-hydrogen) atoms. The second-order valence-corrected chi connectivity index (χ2v) is 13.4. The van der Waals surface area contributed by atoms with Gasteiger partial charge in [0, 0.05) is 20.5 Å². The van der Waals surface area contributed by atoms with E-state index in [2.05, 4.69) is 21.3 Å². The number of aliphatic hydroxyl groups is 1. The summed E-state index contributed by atoms with van der Waals surface area (Å²) < 4.78 is 0. The fourth-order valence-corrected chi connectivity index (χ4v) is 5.00. The number of carbonyl (C=O) groups is 5. The van der Waals surface area contributed by atoms with E-state index in [9.17, 15) is 29.1 Å². The van der Waals surface area contributed by atoms with Crippen LogP contribution in [0.25, 0.3) is 0 Å². The van der Waals surface area contributed by atoms with Crippen LogP contribution in [0.3, 0.4) is 0 Å². The quantitative estimate of drug-likeness (QED) is 0.264. The molecule has 1 aromatic carbocycles. The third-order valence-electron chi connectivity index (χ3n) is 7.72. The zero-order chi connectivity index (χ0) is 32.1. The van der Waals surface area contributed by atoms with E-state index >= 15 is 0 Å². The van der Waals surface area contributed by atoms with Crippen LogP contribution in [-0.2, 0) is 30.4 Å². The SMILES string of the molecule is CN(C)C(=O)C(C)(C)NC(=O)C(C)(C)NC(=O)C(C)(C)NC(=O)[C@](C)(Cc1ccccc1)NC(=O)[C@H]1CCCC[C@@H]1O. The summed E-state index contributed by atoms with van der Waals surface area (Å²) in [5, 5.41) is 21.4. The lowest BCUT2D eigenvalue weighted by atomic mass is 9.84. The monoisotopic (exact) mass is 587 g/mol. The second kappa shape index (κ2) is 13.2. The lowest BCUT2D eigenvalue weighted by Gasteiger charge is -2.38. The number of nitrogens with zero attached hydrogens (tertiary/aromatic N) is 1. The van der Waals surface area contributed by atoms with Crippen molar-refractivity contribution in [2.45, 2.75) is 109 Å². The Morgan fingerprint density at radius 2 is 1.21 bits per heavy atom. The zero-order valence-corrected chi connectivity index (χ0v) is 26.5. The first-order valence-corrected chi connectivity index (χ1v) is 14.5. The Morgan fingerprint density at radius 3 is 1.71 bits per heavy atom. The van der Waals surface area contributed by atoms with Gasteiger partial charge in [-0.25, -0.2) is 0 Å². The van der Waals surface area contributed by atoms with E-state index in [-0.39, 0.29) is 12.3 Å². The van der Waals surface area contributed by atoms with Crippen molar-refractivity contribution in [2.24, 2.45) is 5.92 Å². The van der Waals surface area contributed by atoms with Crippen LogP contribution < -0.4 is 21.3 Å². The van der Waals surface area contributed by atoms with Crippen LogP contribution in [0.5, 0.6) is 0 Å². The molecule has 11 nitrogen and oxygen atoms in total. The van der Waals surface area contributed by atoms with Crippen molar-refractivity contribution >= 4 is 29.5 Å². The normalized spacial score (nSPS) is 19.1. The van der Waals surface area contributed by atoms with E-state index in [4.69, 9.17) is 0 Å². The number of likely N-dealkylation sites (N-methyl/N-ethyl adjacent to an activating group) is 1. The molecule has 11 heteroatoms. The van der Waals surface area contributed by atoms with Crippen molar-refractivity contribution in [3.63, 3.8) is 0 Å². The van der Waals surface area contributed by atoms with Crippen LogP contribution in [0.15, 0.2) is 30.3 Å². The predicted octanol–water partition coefficient (Wildman–Crippen LogP) is 1.43. The number of aliphatic hydroxyl groups excluding tert-OH is 1. The highest BCUT2D eigenvalue weighted by atomic mass is 16.3. The van der Waals surface area contributed by atoms with E-state index in [1.165, 1.54) is 32.6 Å². The van der Waals surface area contributed by atoms with E-state index < -0.39 is 57.8 Å². The minimum atomic E-state index is -1.49. The van der Waals surface area contributed by atoms with Crippen molar-refractivity contribution in [1.29, 1.82) is 0 Å². The first-order valence-electron chi connectivity index (χ1n) is 14.5. The Bertz CT molecular complexity index is 1160. The van der Waals surface area contributed by atoms with Gasteiger partial charge in [0.25, 0.3) is 0 Å². The molecule has 5 amide bonds. The molecule has 1 aliphatic rings. The van der Waals surface area contributed by atoms with Gasteiger partial charge in [0.1, 0.15) is 22.2 Å². The number of hydrogen-bond donors (Lipinski definition) is 5. The maximum absolute atomic E-state index is 13.8. The number of hydrogen-bond acceptors (Lipinski definition) is 6. The van der Waals surface area contributed by atoms with Crippen LogP contribution in [0.4, 0.5) is 0 Å². The van der Waals surface area contributed by atoms with Gasteiger partial charge in [0.15, 0.2) is 0 Å². The maximum atomic E-state index is 13.8. The summed E-state index contributed by atoms with van der Waals surface area (Å²) in [5.74, 6) is -3.16. The highest BCUT2D eigenvalue weighted by Gasteiger charge is 2.44. The number of rotatable bonds is 11. The number of benzene rings is 1. The Morgan fingerprint density at radius 1 is 0.738 bits per heavy atom. The second-order valence-electron chi connectivity index (χ2n) is 13.4. The van der Waals surface area contributed by atoms with Gasteiger partial charge < -0.3 is 31.3 Å². The standard InChI is InChI=1S/C31H49N5O6/c1-28(2,25(40)34-30(5,6)27(42)36(8)9)33-24(39)29(3,4)35-26(41)31(7,19-20-15-11-10-12-16-20)32-23(38)21-17-13-14-18-22(21)37/h10-12,15-16,21-22,37H,13-14,17-19H2,1-9H3,(H,32,38)(H,33,39)(H,34,40)(H,35,41)/t21-,22-,31-/m0/s1. The summed E-state index contributed by atoms with van der Waals surface area (Å²) in [6.07, 6.45) is 2.07. The summed E-state index contributed by atoms with van der Waals surface area (Å²) in [6.45, 7) is 10.8. The first kappa shape index (κ1) is 34.7. The topological polar surface area (TPSA) is 157 Å². The Kier molecular flexibility index (Phi) is 10.9. The molecular weight excluding hydrogens is 538 g/mol. The number of nitrogens with one attached hydrogen (secondary N) is 4. The number of amides is 5. The molecular formula is C31H49N5O6. The molecule has 0 spiro atoms. The molecule has 234 valence electrons. The summed E-state index contributed by atoms with van der Waals surface area (Å²) in [5.41, 5.74) is -4.78. The van der Waals surface area contributed by atoms with Gasteiger partial charge >= 0.3 is 0 Å². The van der Waals surface area contributed by atoms with Crippen molar-refractivity contribution in [3.05, 3.63) is 35.9 Å². The molecule has 5 N–H and O–H groups in total. The maximum Gasteiger partial charge on any atom is 0.247 e. The molecule has 0 unspecified atom stereocenters. The van der Waals surface area contributed by atoms with E-state index in [0.29, 0.717) is 12.8 Å². The lowest BCUT2D eigenvalue weighted by molar-refractivity contribution is -0.143. The largest absolute Gasteiger partial charge is 0.392 e. The molecule has 1 saturated carbocycles. The third-order valence-corrected chi connectivity index (χ3v) is 7.72. The molecule has 3 atom stereocenters. The van der Waals surface area contributed by atoms with E-state index in [0.717, 1.165) is 18.4 Å². The fraction of sp³-hybridized carbons (Fsp3) is 0.645. The highest BCUT2D eigenvalue weighted by molar-refractivity contribution is 6.00. The predicted molar refractivity (Wildman–Crippen MR) is 160 cm³/mol.